The van der Waals surface area contributed by atoms with Crippen molar-refractivity contribution in [3.63, 3.8) is 0 Å². The molecule has 0 atom stereocenters. The minimum Gasteiger partial charge on any atom is -0.345 e. The molecule has 0 saturated carbocycles. The normalized spacial score (nSPS) is 15.5. The van der Waals surface area contributed by atoms with Crippen molar-refractivity contribution in [3.05, 3.63) is 75.8 Å². The van der Waals surface area contributed by atoms with Crippen LogP contribution in [0.25, 0.3) is 0 Å². The Kier molecular flexibility index (Phi) is 6.06. The Labute approximate surface area is 182 Å². The summed E-state index contributed by atoms with van der Waals surface area (Å²) in [4.78, 5) is 6.80. The number of thiazole rings is 1. The molecule has 1 saturated heterocycles. The number of piperazine rings is 1. The van der Waals surface area contributed by atoms with Crippen LogP contribution in [-0.4, -0.2) is 43.9 Å². The van der Waals surface area contributed by atoms with Crippen molar-refractivity contribution in [1.82, 2.24) is 9.29 Å². The fraction of sp³-hybridized carbons (Fsp3) is 0.250. The van der Waals surface area contributed by atoms with Gasteiger partial charge in [-0.1, -0.05) is 11.6 Å². The van der Waals surface area contributed by atoms with E-state index in [1.54, 1.807) is 12.1 Å². The van der Waals surface area contributed by atoms with E-state index in [0.29, 0.717) is 43.2 Å². The molecule has 1 aromatic heterocycles. The van der Waals surface area contributed by atoms with Crippen LogP contribution in [0.3, 0.4) is 0 Å². The Bertz CT molecular complexity index is 1120. The van der Waals surface area contributed by atoms with Gasteiger partial charge >= 0.3 is 0 Å². The first kappa shape index (κ1) is 21.2. The smallest absolute Gasteiger partial charge is 0.243 e. The van der Waals surface area contributed by atoms with Crippen LogP contribution in [0.4, 0.5) is 13.9 Å². The summed E-state index contributed by atoms with van der Waals surface area (Å²) in [6, 6.07) is 9.57. The lowest BCUT2D eigenvalue weighted by atomic mass is 10.1. The quantitative estimate of drug-likeness (QED) is 0.562. The number of benzene rings is 2. The maximum absolute atomic E-state index is 13.4. The van der Waals surface area contributed by atoms with Crippen molar-refractivity contribution < 1.29 is 17.2 Å². The molecule has 2 aromatic carbocycles. The van der Waals surface area contributed by atoms with E-state index in [1.165, 1.54) is 39.9 Å². The summed E-state index contributed by atoms with van der Waals surface area (Å²) in [6.45, 7) is 1.70. The molecule has 2 heterocycles. The number of rotatable bonds is 5. The number of anilines is 1. The van der Waals surface area contributed by atoms with Crippen molar-refractivity contribution >= 4 is 38.1 Å². The van der Waals surface area contributed by atoms with Gasteiger partial charge in [0.25, 0.3) is 0 Å². The number of sulfonamides is 1. The first-order valence-electron chi connectivity index (χ1n) is 9.21. The highest BCUT2D eigenvalue weighted by atomic mass is 35.5. The van der Waals surface area contributed by atoms with Crippen LogP contribution in [0.2, 0.25) is 5.02 Å². The van der Waals surface area contributed by atoms with Crippen molar-refractivity contribution in [1.29, 1.82) is 0 Å². The maximum Gasteiger partial charge on any atom is 0.243 e. The molecule has 1 aliphatic heterocycles. The number of hydrogen-bond acceptors (Lipinski definition) is 5. The Morgan fingerprint density at radius 3 is 2.27 bits per heavy atom. The van der Waals surface area contributed by atoms with Gasteiger partial charge in [-0.25, -0.2) is 22.2 Å². The summed E-state index contributed by atoms with van der Waals surface area (Å²) >= 11 is 7.28. The van der Waals surface area contributed by atoms with Gasteiger partial charge in [-0.2, -0.15) is 4.31 Å². The molecule has 5 nitrogen and oxygen atoms in total. The Morgan fingerprint density at radius 2 is 1.63 bits per heavy atom. The molecule has 0 amide bonds. The lowest BCUT2D eigenvalue weighted by Gasteiger charge is -2.33. The lowest BCUT2D eigenvalue weighted by Crippen LogP contribution is -2.48. The van der Waals surface area contributed by atoms with Gasteiger partial charge < -0.3 is 4.90 Å². The van der Waals surface area contributed by atoms with E-state index in [1.807, 2.05) is 10.3 Å². The largest absolute Gasteiger partial charge is 0.345 e. The van der Waals surface area contributed by atoms with Gasteiger partial charge in [-0.15, -0.1) is 11.3 Å². The van der Waals surface area contributed by atoms with Gasteiger partial charge in [0.1, 0.15) is 11.6 Å². The van der Waals surface area contributed by atoms with Gasteiger partial charge in [0.05, 0.1) is 10.6 Å². The van der Waals surface area contributed by atoms with Gasteiger partial charge in [-0.3, -0.25) is 0 Å². The fourth-order valence-corrected chi connectivity index (χ4v) is 5.75. The second kappa shape index (κ2) is 8.58. The Balaban J connectivity index is 1.40. The summed E-state index contributed by atoms with van der Waals surface area (Å²) in [5, 5.41) is 3.11. The highest BCUT2D eigenvalue weighted by Crippen LogP contribution is 2.26. The fourth-order valence-electron chi connectivity index (χ4n) is 3.32. The summed E-state index contributed by atoms with van der Waals surface area (Å²) in [5.74, 6) is -1.23. The van der Waals surface area contributed by atoms with E-state index in [9.17, 15) is 17.2 Å². The minimum atomic E-state index is -3.57. The zero-order valence-corrected chi connectivity index (χ0v) is 18.2. The van der Waals surface area contributed by atoms with E-state index < -0.39 is 21.7 Å². The minimum absolute atomic E-state index is 0.221. The highest BCUT2D eigenvalue weighted by Gasteiger charge is 2.29. The second-order valence-corrected chi connectivity index (χ2v) is 10.1. The van der Waals surface area contributed by atoms with Crippen LogP contribution < -0.4 is 4.90 Å². The average molecular weight is 470 g/mol. The third-order valence-electron chi connectivity index (χ3n) is 4.81. The number of halogens is 3. The molecule has 0 bridgehead atoms. The molecule has 30 heavy (non-hydrogen) atoms. The topological polar surface area (TPSA) is 53.5 Å². The van der Waals surface area contributed by atoms with E-state index >= 15 is 0 Å². The molecule has 158 valence electrons. The van der Waals surface area contributed by atoms with Crippen LogP contribution in [-0.2, 0) is 16.4 Å². The predicted molar refractivity (Wildman–Crippen MR) is 114 cm³/mol. The molecule has 1 fully saturated rings. The Morgan fingerprint density at radius 1 is 1.00 bits per heavy atom. The SMILES string of the molecule is O=S(=O)(c1ccc(Cl)cc1)N1CCN(c2nc(Cc3cc(F)cc(F)c3)cs2)CC1. The molecule has 0 radical (unpaired) electrons. The Hall–Kier alpha value is -2.07. The monoisotopic (exact) mass is 469 g/mol. The first-order chi connectivity index (χ1) is 14.3. The lowest BCUT2D eigenvalue weighted by molar-refractivity contribution is 0.384. The molecule has 1 aliphatic rings. The number of hydrogen-bond donors (Lipinski definition) is 0. The van der Waals surface area contributed by atoms with E-state index in [0.717, 1.165) is 16.9 Å². The van der Waals surface area contributed by atoms with Crippen LogP contribution in [0.5, 0.6) is 0 Å². The van der Waals surface area contributed by atoms with Gasteiger partial charge in [0.2, 0.25) is 10.0 Å². The summed E-state index contributed by atoms with van der Waals surface area (Å²) in [5.41, 5.74) is 1.24. The van der Waals surface area contributed by atoms with Crippen LogP contribution in [0.15, 0.2) is 52.7 Å². The summed E-state index contributed by atoms with van der Waals surface area (Å²) in [6.07, 6.45) is 0.329. The van der Waals surface area contributed by atoms with Crippen LogP contribution in [0.1, 0.15) is 11.3 Å². The van der Waals surface area contributed by atoms with Crippen molar-refractivity contribution in [3.8, 4) is 0 Å². The van der Waals surface area contributed by atoms with Crippen molar-refractivity contribution in [2.45, 2.75) is 11.3 Å². The maximum atomic E-state index is 13.4. The van der Waals surface area contributed by atoms with Crippen molar-refractivity contribution in [2.24, 2.45) is 0 Å². The number of nitrogens with zero attached hydrogens (tertiary/aromatic N) is 3. The predicted octanol–water partition coefficient (Wildman–Crippen LogP) is 4.18. The molecule has 0 spiro atoms. The van der Waals surface area contributed by atoms with Gasteiger partial charge in [-0.05, 0) is 42.0 Å². The first-order valence-corrected chi connectivity index (χ1v) is 11.9. The molecule has 0 N–H and O–H groups in total. The second-order valence-electron chi connectivity index (χ2n) is 6.92. The third kappa shape index (κ3) is 4.64. The molecule has 4 rings (SSSR count). The zero-order chi connectivity index (χ0) is 21.3. The van der Waals surface area contributed by atoms with E-state index in [2.05, 4.69) is 4.98 Å². The summed E-state index contributed by atoms with van der Waals surface area (Å²) in [7, 11) is -3.57. The molecule has 0 aliphatic carbocycles. The summed E-state index contributed by atoms with van der Waals surface area (Å²) < 4.78 is 53.8. The van der Waals surface area contributed by atoms with Crippen LogP contribution in [0, 0.1) is 11.6 Å². The average Bonchev–Trinajstić information content (AvgIpc) is 3.16. The molecular weight excluding hydrogens is 452 g/mol. The molecule has 3 aromatic rings. The standard InChI is InChI=1S/C20H18ClF2N3O2S2/c21-15-1-3-19(4-2-15)30(27,28)26-7-5-25(6-8-26)20-24-18(13-29-20)11-14-9-16(22)12-17(23)10-14/h1-4,9-10,12-13H,5-8,11H2. The van der Waals surface area contributed by atoms with Crippen molar-refractivity contribution in [2.75, 3.05) is 31.1 Å². The molecule has 0 unspecified atom stereocenters. The molecular formula is C20H18ClF2N3O2S2. The van der Waals surface area contributed by atoms with Gasteiger partial charge in [0, 0.05) is 49.1 Å². The highest BCUT2D eigenvalue weighted by molar-refractivity contribution is 7.89. The van der Waals surface area contributed by atoms with Crippen LogP contribution >= 0.6 is 22.9 Å². The molecule has 10 heteroatoms. The van der Waals surface area contributed by atoms with E-state index in [4.69, 9.17) is 11.6 Å². The van der Waals surface area contributed by atoms with E-state index in [-0.39, 0.29) is 4.90 Å². The zero-order valence-electron chi connectivity index (χ0n) is 15.8. The third-order valence-corrected chi connectivity index (χ3v) is 7.92. The number of aromatic nitrogens is 1. The van der Waals surface area contributed by atoms with Gasteiger partial charge in [0.15, 0.2) is 5.13 Å².